The molecular weight excluding hydrogens is 560 g/mol. The monoisotopic (exact) mass is 614 g/mol. The molecule has 2 saturated carbocycles. The molecule has 0 saturated heterocycles. The van der Waals surface area contributed by atoms with Gasteiger partial charge in [-0.15, -0.1) is 0 Å². The summed E-state index contributed by atoms with van der Waals surface area (Å²) in [6, 6.07) is 10.1. The molecule has 3 aliphatic rings. The Morgan fingerprint density at radius 3 is 2.56 bits per heavy atom. The quantitative estimate of drug-likeness (QED) is 0.0831. The first kappa shape index (κ1) is 35.0. The fourth-order valence-electron chi connectivity index (χ4n) is 8.62. The van der Waals surface area contributed by atoms with Gasteiger partial charge < -0.3 is 20.4 Å². The molecule has 0 aliphatic heterocycles. The topological polar surface area (TPSA) is 98.0 Å². The largest absolute Gasteiger partial charge is 0.396 e. The summed E-state index contributed by atoms with van der Waals surface area (Å²) in [4.78, 5) is 12.2. The van der Waals surface area contributed by atoms with Gasteiger partial charge in [-0.1, -0.05) is 90.1 Å². The van der Waals surface area contributed by atoms with E-state index in [1.54, 1.807) is 0 Å². The van der Waals surface area contributed by atoms with E-state index < -0.39 is 23.2 Å². The van der Waals surface area contributed by atoms with E-state index in [9.17, 15) is 25.2 Å². The number of aryl methyl sites for hydroxylation is 1. The van der Waals surface area contributed by atoms with Crippen LogP contribution in [-0.2, 0) is 11.2 Å². The van der Waals surface area contributed by atoms with Crippen molar-refractivity contribution in [2.45, 2.75) is 96.9 Å². The van der Waals surface area contributed by atoms with Crippen LogP contribution in [0, 0.1) is 29.1 Å². The number of aliphatic hydroxyl groups is 4. The van der Waals surface area contributed by atoms with Gasteiger partial charge in [0.15, 0.2) is 0 Å². The van der Waals surface area contributed by atoms with Crippen molar-refractivity contribution in [3.63, 3.8) is 0 Å². The second-order valence-corrected chi connectivity index (χ2v) is 14.1. The zero-order valence-corrected chi connectivity index (χ0v) is 27.7. The third kappa shape index (κ3) is 7.44. The number of carbonyl (C=O) groups excluding carboxylic acids is 1. The Morgan fingerprint density at radius 1 is 1.16 bits per heavy atom. The van der Waals surface area contributed by atoms with E-state index in [0.717, 1.165) is 41.4 Å². The minimum Gasteiger partial charge on any atom is -0.396 e. The first-order valence-electron chi connectivity index (χ1n) is 16.7. The minimum atomic E-state index is -1.21. The molecule has 45 heavy (non-hydrogen) atoms. The molecule has 2 fully saturated rings. The Labute approximate surface area is 270 Å². The highest BCUT2D eigenvalue weighted by atomic mass is 16.3. The van der Waals surface area contributed by atoms with Gasteiger partial charge in [-0.3, -0.25) is 4.79 Å². The lowest BCUT2D eigenvalue weighted by Gasteiger charge is -2.60. The highest BCUT2D eigenvalue weighted by Crippen LogP contribution is 2.66. The van der Waals surface area contributed by atoms with Crippen molar-refractivity contribution in [2.75, 3.05) is 6.61 Å². The molecule has 1 aromatic carbocycles. The van der Waals surface area contributed by atoms with Gasteiger partial charge in [-0.05, 0) is 108 Å². The minimum absolute atomic E-state index is 0.0208. The van der Waals surface area contributed by atoms with E-state index in [2.05, 4.69) is 50.8 Å². The zero-order chi connectivity index (χ0) is 32.8. The number of rotatable bonds is 13. The molecule has 5 nitrogen and oxygen atoms in total. The van der Waals surface area contributed by atoms with Crippen molar-refractivity contribution in [2.24, 2.45) is 29.1 Å². The van der Waals surface area contributed by atoms with Crippen molar-refractivity contribution in [3.8, 4) is 0 Å². The molecule has 0 heterocycles. The van der Waals surface area contributed by atoms with Gasteiger partial charge in [0.05, 0.1) is 17.8 Å². The fourth-order valence-corrected chi connectivity index (χ4v) is 8.62. The standard InChI is InChI=1S/C40H54O5/c1-27(2)11-9-12-28(3)13-10-16-33(35(43)20-17-30-14-7-6-8-15-30)34-21-23-40(38(34)44)37-31(22-24-41)18-19-32(25-39(40,5)45)36(37)29(4)26-42/h6-8,10-11,13-16,18-19,26,31-32,34-35,37-38,41,43-45H,3,9,12,17,20-25H2,1-2,4-5H3. The van der Waals surface area contributed by atoms with E-state index in [1.165, 1.54) is 5.57 Å². The van der Waals surface area contributed by atoms with Crippen molar-refractivity contribution in [1.82, 2.24) is 0 Å². The third-order valence-corrected chi connectivity index (χ3v) is 10.8. The van der Waals surface area contributed by atoms with Crippen molar-refractivity contribution >= 4 is 6.29 Å². The lowest BCUT2D eigenvalue weighted by Crippen LogP contribution is -2.63. The average Bonchev–Trinajstić information content (AvgIpc) is 3.35. The lowest BCUT2D eigenvalue weighted by molar-refractivity contribution is -0.182. The predicted molar refractivity (Wildman–Crippen MR) is 182 cm³/mol. The maximum Gasteiger partial charge on any atom is 0.145 e. The number of aliphatic hydroxyl groups excluding tert-OH is 3. The molecule has 8 unspecified atom stereocenters. The predicted octanol–water partition coefficient (Wildman–Crippen LogP) is 6.99. The molecular formula is C40H54O5. The van der Waals surface area contributed by atoms with Crippen molar-refractivity contribution in [1.29, 1.82) is 0 Å². The SMILES string of the molecule is C=C(C=CC=C(C(O)CCc1ccccc1)C1CCC2(C1O)C1C(=C(C)C=O)C(C=CC1CCO)CC2(C)O)CCC=C(C)C. The first-order chi connectivity index (χ1) is 21.5. The van der Waals surface area contributed by atoms with E-state index in [-0.39, 0.29) is 30.3 Å². The normalized spacial score (nSPS) is 33.0. The fraction of sp³-hybridized carbons (Fsp3) is 0.525. The Kier molecular flexibility index (Phi) is 11.8. The molecule has 1 spiro atoms. The van der Waals surface area contributed by atoms with Crippen LogP contribution in [0.25, 0.3) is 0 Å². The van der Waals surface area contributed by atoms with Crippen LogP contribution in [0.2, 0.25) is 0 Å². The van der Waals surface area contributed by atoms with Gasteiger partial charge >= 0.3 is 0 Å². The van der Waals surface area contributed by atoms with Gasteiger partial charge in [0.1, 0.15) is 6.29 Å². The summed E-state index contributed by atoms with van der Waals surface area (Å²) in [5.74, 6) is -0.868. The summed E-state index contributed by atoms with van der Waals surface area (Å²) >= 11 is 0. The van der Waals surface area contributed by atoms with Crippen molar-refractivity contribution in [3.05, 3.63) is 107 Å². The first-order valence-corrected chi connectivity index (χ1v) is 16.7. The van der Waals surface area contributed by atoms with Gasteiger partial charge in [-0.2, -0.15) is 0 Å². The van der Waals surface area contributed by atoms with Gasteiger partial charge in [-0.25, -0.2) is 0 Å². The van der Waals surface area contributed by atoms with Crippen LogP contribution < -0.4 is 0 Å². The summed E-state index contributed by atoms with van der Waals surface area (Å²) in [6.45, 7) is 12.0. The Hall–Kier alpha value is -2.83. The van der Waals surface area contributed by atoms with Gasteiger partial charge in [0.25, 0.3) is 0 Å². The summed E-state index contributed by atoms with van der Waals surface area (Å²) in [5, 5.41) is 46.5. The molecule has 2 bridgehead atoms. The van der Waals surface area contributed by atoms with E-state index in [4.69, 9.17) is 0 Å². The van der Waals surface area contributed by atoms with Crippen LogP contribution in [0.5, 0.6) is 0 Å². The van der Waals surface area contributed by atoms with Crippen molar-refractivity contribution < 1.29 is 25.2 Å². The van der Waals surface area contributed by atoms with Gasteiger partial charge in [0, 0.05) is 23.9 Å². The van der Waals surface area contributed by atoms with E-state index in [0.29, 0.717) is 44.1 Å². The third-order valence-electron chi connectivity index (χ3n) is 10.8. The number of hydrogen-bond acceptors (Lipinski definition) is 5. The molecule has 0 amide bonds. The summed E-state index contributed by atoms with van der Waals surface area (Å²) in [5.41, 5.74) is 3.67. The molecule has 8 atom stereocenters. The molecule has 3 aliphatic carbocycles. The molecule has 1 aromatic rings. The number of allylic oxidation sites excluding steroid dienone is 10. The number of fused-ring (bicyclic) bond motifs is 3. The van der Waals surface area contributed by atoms with Crippen LogP contribution in [0.1, 0.15) is 78.2 Å². The Bertz CT molecular complexity index is 1340. The molecule has 0 aromatic heterocycles. The zero-order valence-electron chi connectivity index (χ0n) is 27.7. The van der Waals surface area contributed by atoms with Crippen LogP contribution in [-0.4, -0.2) is 51.1 Å². The van der Waals surface area contributed by atoms with Crippen LogP contribution in [0.3, 0.4) is 0 Å². The molecule has 5 heteroatoms. The molecule has 4 rings (SSSR count). The molecule has 0 radical (unpaired) electrons. The van der Waals surface area contributed by atoms with E-state index in [1.807, 2.05) is 50.3 Å². The second kappa shape index (κ2) is 15.2. The lowest BCUT2D eigenvalue weighted by atomic mass is 9.46. The number of benzene rings is 1. The van der Waals surface area contributed by atoms with Crippen LogP contribution >= 0.6 is 0 Å². The van der Waals surface area contributed by atoms with Gasteiger partial charge in [0.2, 0.25) is 0 Å². The maximum absolute atomic E-state index is 12.5. The Balaban J connectivity index is 1.72. The number of hydrogen-bond donors (Lipinski definition) is 4. The molecule has 4 N–H and O–H groups in total. The number of aldehydes is 1. The number of carbonyl (C=O) groups is 1. The summed E-state index contributed by atoms with van der Waals surface area (Å²) < 4.78 is 0. The summed E-state index contributed by atoms with van der Waals surface area (Å²) in [6.07, 6.45) is 16.5. The average molecular weight is 615 g/mol. The van der Waals surface area contributed by atoms with E-state index >= 15 is 0 Å². The van der Waals surface area contributed by atoms with Crippen LogP contribution in [0.15, 0.2) is 101 Å². The van der Waals surface area contributed by atoms with Crippen LogP contribution in [0.4, 0.5) is 0 Å². The highest BCUT2D eigenvalue weighted by molar-refractivity contribution is 5.74. The molecule has 244 valence electrons. The maximum atomic E-state index is 12.5. The second-order valence-electron chi connectivity index (χ2n) is 14.1. The summed E-state index contributed by atoms with van der Waals surface area (Å²) in [7, 11) is 0. The Morgan fingerprint density at radius 2 is 1.89 bits per heavy atom. The highest BCUT2D eigenvalue weighted by Gasteiger charge is 2.67. The smallest absolute Gasteiger partial charge is 0.145 e.